The van der Waals surface area contributed by atoms with Crippen molar-refractivity contribution in [3.05, 3.63) is 35.4 Å². The number of benzene rings is 1. The van der Waals surface area contributed by atoms with Gasteiger partial charge in [-0.25, -0.2) is 8.78 Å². The van der Waals surface area contributed by atoms with Crippen molar-refractivity contribution in [1.82, 2.24) is 5.32 Å². The normalized spacial score (nSPS) is 16.7. The summed E-state index contributed by atoms with van der Waals surface area (Å²) in [5.41, 5.74) is 2.19. The molecule has 1 nitrogen and oxygen atoms in total. The fourth-order valence-corrected chi connectivity index (χ4v) is 1.66. The van der Waals surface area contributed by atoms with Gasteiger partial charge in [0.15, 0.2) is 0 Å². The van der Waals surface area contributed by atoms with Gasteiger partial charge in [-0.2, -0.15) is 0 Å². The molecule has 0 aromatic heterocycles. The minimum Gasteiger partial charge on any atom is -0.304 e. The Labute approximate surface area is 116 Å². The van der Waals surface area contributed by atoms with E-state index in [9.17, 15) is 8.78 Å². The summed E-state index contributed by atoms with van der Waals surface area (Å²) >= 11 is 0. The van der Waals surface area contributed by atoms with Crippen molar-refractivity contribution in [2.24, 2.45) is 0 Å². The van der Waals surface area contributed by atoms with Crippen LogP contribution in [0.1, 0.15) is 51.7 Å². The lowest BCUT2D eigenvalue weighted by molar-refractivity contribution is 0.0942. The molecule has 0 amide bonds. The Morgan fingerprint density at radius 1 is 1.05 bits per heavy atom. The van der Waals surface area contributed by atoms with E-state index >= 15 is 0 Å². The Hall–Kier alpha value is -0.960. The highest BCUT2D eigenvalue weighted by Gasteiger charge is 2.24. The molecule has 1 aromatic carbocycles. The topological polar surface area (TPSA) is 12.0 Å². The number of hydrogen-bond donors (Lipinski definition) is 1. The lowest BCUT2D eigenvalue weighted by Gasteiger charge is -2.25. The van der Waals surface area contributed by atoms with Gasteiger partial charge in [0.25, 0.3) is 6.43 Å². The third-order valence-electron chi connectivity index (χ3n) is 2.42. The van der Waals surface area contributed by atoms with Gasteiger partial charge in [0.1, 0.15) is 0 Å². The average molecular weight is 271 g/mol. The molecule has 1 aromatic rings. The summed E-state index contributed by atoms with van der Waals surface area (Å²) in [4.78, 5) is 0. The highest BCUT2D eigenvalue weighted by molar-refractivity contribution is 5.29. The molecule has 0 fully saturated rings. The summed E-state index contributed by atoms with van der Waals surface area (Å²) < 4.78 is 24.7. The number of alkyl halides is 2. The van der Waals surface area contributed by atoms with E-state index in [-0.39, 0.29) is 0 Å². The van der Waals surface area contributed by atoms with Crippen LogP contribution in [-0.4, -0.2) is 12.5 Å². The minimum atomic E-state index is -2.27. The first kappa shape index (κ1) is 18.0. The second-order valence-electron chi connectivity index (χ2n) is 4.71. The van der Waals surface area contributed by atoms with Gasteiger partial charge in [-0.3, -0.25) is 0 Å². The summed E-state index contributed by atoms with van der Waals surface area (Å²) in [6.07, 6.45) is 0.668. The minimum absolute atomic E-state index is 0.438. The van der Waals surface area contributed by atoms with Crippen LogP contribution in [0.4, 0.5) is 8.78 Å². The average Bonchev–Trinajstić information content (AvgIpc) is 2.40. The smallest absolute Gasteiger partial charge is 0.254 e. The van der Waals surface area contributed by atoms with E-state index < -0.39 is 12.5 Å². The molecular weight excluding hydrogens is 244 g/mol. The van der Waals surface area contributed by atoms with Crippen LogP contribution >= 0.6 is 0 Å². The zero-order valence-corrected chi connectivity index (χ0v) is 12.5. The van der Waals surface area contributed by atoms with E-state index in [2.05, 4.69) is 33.0 Å². The van der Waals surface area contributed by atoms with Crippen LogP contribution < -0.4 is 5.32 Å². The Bertz CT molecular complexity index is 324. The third-order valence-corrected chi connectivity index (χ3v) is 2.42. The third kappa shape index (κ3) is 7.26. The second-order valence-corrected chi connectivity index (χ2v) is 4.71. The standard InChI is InChI=1S/C10H11F2N.2C3H8/c11-10(12)9-5-7-3-1-2-4-8(7)6-13-9;2*1-3-2/h1-4,9-10,13H,5-6H2;2*3H2,1-2H3. The van der Waals surface area contributed by atoms with Crippen LogP contribution in [0, 0.1) is 0 Å². The molecule has 0 saturated heterocycles. The van der Waals surface area contributed by atoms with Crippen LogP contribution in [0.3, 0.4) is 0 Å². The van der Waals surface area contributed by atoms with Crippen molar-refractivity contribution in [1.29, 1.82) is 0 Å². The van der Waals surface area contributed by atoms with E-state index in [1.54, 1.807) is 0 Å². The van der Waals surface area contributed by atoms with Crippen LogP contribution in [0.2, 0.25) is 0 Å². The predicted molar refractivity (Wildman–Crippen MR) is 78.7 cm³/mol. The van der Waals surface area contributed by atoms with Gasteiger partial charge < -0.3 is 5.32 Å². The highest BCUT2D eigenvalue weighted by Crippen LogP contribution is 2.19. The van der Waals surface area contributed by atoms with Crippen molar-refractivity contribution >= 4 is 0 Å². The van der Waals surface area contributed by atoms with E-state index in [0.29, 0.717) is 13.0 Å². The molecule has 1 aliphatic rings. The number of fused-ring (bicyclic) bond motifs is 1. The molecule has 110 valence electrons. The number of halogens is 2. The number of nitrogens with one attached hydrogen (secondary N) is 1. The molecule has 0 spiro atoms. The maximum Gasteiger partial charge on any atom is 0.254 e. The Balaban J connectivity index is 0.000000465. The van der Waals surface area contributed by atoms with Crippen molar-refractivity contribution in [3.63, 3.8) is 0 Å². The Kier molecular flexibility index (Phi) is 10.4. The van der Waals surface area contributed by atoms with E-state index in [0.717, 1.165) is 11.1 Å². The molecule has 0 aliphatic carbocycles. The van der Waals surface area contributed by atoms with Gasteiger partial charge in [0.2, 0.25) is 0 Å². The van der Waals surface area contributed by atoms with Gasteiger partial charge >= 0.3 is 0 Å². The van der Waals surface area contributed by atoms with Gasteiger partial charge in [-0.15, -0.1) is 0 Å². The number of hydrogen-bond acceptors (Lipinski definition) is 1. The van der Waals surface area contributed by atoms with Crippen molar-refractivity contribution < 1.29 is 8.78 Å². The molecule has 0 radical (unpaired) electrons. The summed E-state index contributed by atoms with van der Waals surface area (Å²) in [6, 6.07) is 7.06. The van der Waals surface area contributed by atoms with Crippen LogP contribution in [0.15, 0.2) is 24.3 Å². The quantitative estimate of drug-likeness (QED) is 0.773. The van der Waals surface area contributed by atoms with Gasteiger partial charge in [0, 0.05) is 6.54 Å². The fourth-order valence-electron chi connectivity index (χ4n) is 1.66. The van der Waals surface area contributed by atoms with Gasteiger partial charge in [-0.05, 0) is 17.5 Å². The lowest BCUT2D eigenvalue weighted by atomic mass is 9.96. The maximum absolute atomic E-state index is 12.4. The first-order chi connectivity index (χ1) is 9.10. The van der Waals surface area contributed by atoms with Gasteiger partial charge in [-0.1, -0.05) is 64.8 Å². The summed E-state index contributed by atoms with van der Waals surface area (Å²) in [5.74, 6) is 0. The predicted octanol–water partition coefficient (Wildman–Crippen LogP) is 4.80. The SMILES string of the molecule is CCC.CCC.FC(F)C1Cc2ccccc2CN1. The molecule has 1 aliphatic heterocycles. The highest BCUT2D eigenvalue weighted by atomic mass is 19.3. The van der Waals surface area contributed by atoms with E-state index in [1.165, 1.54) is 12.8 Å². The van der Waals surface area contributed by atoms with Crippen LogP contribution in [0.5, 0.6) is 0 Å². The van der Waals surface area contributed by atoms with E-state index in [4.69, 9.17) is 0 Å². The Morgan fingerprint density at radius 3 is 2.00 bits per heavy atom. The first-order valence-corrected chi connectivity index (χ1v) is 7.18. The van der Waals surface area contributed by atoms with Crippen molar-refractivity contribution in [2.75, 3.05) is 0 Å². The monoisotopic (exact) mass is 271 g/mol. The molecule has 2 rings (SSSR count). The molecule has 1 unspecified atom stereocenters. The van der Waals surface area contributed by atoms with Crippen molar-refractivity contribution in [3.8, 4) is 0 Å². The summed E-state index contributed by atoms with van der Waals surface area (Å²) in [6.45, 7) is 9.06. The summed E-state index contributed by atoms with van der Waals surface area (Å²) in [5, 5.41) is 2.82. The molecule has 19 heavy (non-hydrogen) atoms. The molecule has 0 bridgehead atoms. The largest absolute Gasteiger partial charge is 0.304 e. The second kappa shape index (κ2) is 10.9. The zero-order chi connectivity index (χ0) is 14.7. The summed E-state index contributed by atoms with van der Waals surface area (Å²) in [7, 11) is 0. The van der Waals surface area contributed by atoms with E-state index in [1.807, 2.05) is 24.3 Å². The fraction of sp³-hybridized carbons (Fsp3) is 0.625. The van der Waals surface area contributed by atoms with Gasteiger partial charge in [0.05, 0.1) is 6.04 Å². The molecule has 0 saturated carbocycles. The Morgan fingerprint density at radius 2 is 1.53 bits per heavy atom. The van der Waals surface area contributed by atoms with Crippen molar-refractivity contribution in [2.45, 2.75) is 66.0 Å². The first-order valence-electron chi connectivity index (χ1n) is 7.18. The van der Waals surface area contributed by atoms with Crippen LogP contribution in [0.25, 0.3) is 0 Å². The number of rotatable bonds is 1. The molecule has 1 N–H and O–H groups in total. The molecular formula is C16H27F2N. The maximum atomic E-state index is 12.4. The molecule has 1 atom stereocenters. The molecule has 3 heteroatoms. The zero-order valence-electron chi connectivity index (χ0n) is 12.5. The lowest BCUT2D eigenvalue weighted by Crippen LogP contribution is -2.40. The van der Waals surface area contributed by atoms with Crippen LogP contribution in [-0.2, 0) is 13.0 Å². The molecule has 1 heterocycles.